The molecule has 0 bridgehead atoms. The first-order chi connectivity index (χ1) is 9.60. The number of thiazole rings is 1. The summed E-state index contributed by atoms with van der Waals surface area (Å²) in [7, 11) is 0. The Morgan fingerprint density at radius 3 is 3.00 bits per heavy atom. The summed E-state index contributed by atoms with van der Waals surface area (Å²) < 4.78 is 0.730. The lowest BCUT2D eigenvalue weighted by Gasteiger charge is -2.10. The van der Waals surface area contributed by atoms with Crippen molar-refractivity contribution in [2.45, 2.75) is 13.5 Å². The predicted octanol–water partition coefficient (Wildman–Crippen LogP) is 1.96. The Bertz CT molecular complexity index is 667. The molecule has 0 atom stereocenters. The average molecular weight is 357 g/mol. The predicted molar refractivity (Wildman–Crippen MR) is 82.2 cm³/mol. The minimum atomic E-state index is -0.248. The van der Waals surface area contributed by atoms with E-state index >= 15 is 0 Å². The van der Waals surface area contributed by atoms with E-state index in [2.05, 4.69) is 36.5 Å². The number of anilines is 1. The highest BCUT2D eigenvalue weighted by Gasteiger charge is 2.13. The molecule has 20 heavy (non-hydrogen) atoms. The van der Waals surface area contributed by atoms with E-state index in [1.165, 1.54) is 0 Å². The van der Waals surface area contributed by atoms with Crippen molar-refractivity contribution in [3.63, 3.8) is 0 Å². The largest absolute Gasteiger partial charge is 0.370 e. The van der Waals surface area contributed by atoms with Gasteiger partial charge in [0.2, 0.25) is 0 Å². The summed E-state index contributed by atoms with van der Waals surface area (Å²) in [6, 6.07) is 1.71. The van der Waals surface area contributed by atoms with Gasteiger partial charge in [-0.25, -0.2) is 4.98 Å². The van der Waals surface area contributed by atoms with E-state index in [1.54, 1.807) is 17.6 Å². The topological polar surface area (TPSA) is 86.9 Å². The Morgan fingerprint density at radius 2 is 2.35 bits per heavy atom. The van der Waals surface area contributed by atoms with E-state index in [4.69, 9.17) is 0 Å². The van der Waals surface area contributed by atoms with Crippen LogP contribution in [0, 0.1) is 0 Å². The number of pyridine rings is 1. The number of nitrogens with one attached hydrogen (secondary N) is 3. The summed E-state index contributed by atoms with van der Waals surface area (Å²) in [5, 5.41) is 7.48. The molecule has 0 aliphatic heterocycles. The second-order valence-electron chi connectivity index (χ2n) is 3.94. The van der Waals surface area contributed by atoms with E-state index in [1.807, 2.05) is 6.92 Å². The Hall–Kier alpha value is -1.67. The van der Waals surface area contributed by atoms with Crippen molar-refractivity contribution in [3.05, 3.63) is 43.0 Å². The van der Waals surface area contributed by atoms with Crippen LogP contribution in [0.1, 0.15) is 23.0 Å². The van der Waals surface area contributed by atoms with Gasteiger partial charge < -0.3 is 15.6 Å². The number of rotatable bonds is 5. The number of carbonyl (C=O) groups excluding carboxylic acids is 1. The van der Waals surface area contributed by atoms with Crippen LogP contribution >= 0.6 is 27.3 Å². The minimum absolute atomic E-state index is 0.133. The fourth-order valence-corrected chi connectivity index (χ4v) is 2.50. The van der Waals surface area contributed by atoms with Crippen LogP contribution in [0.2, 0.25) is 0 Å². The first-order valence-electron chi connectivity index (χ1n) is 5.94. The van der Waals surface area contributed by atoms with Gasteiger partial charge in [0.15, 0.2) is 0 Å². The fourth-order valence-electron chi connectivity index (χ4n) is 1.59. The average Bonchev–Trinajstić information content (AvgIpc) is 2.84. The second-order valence-corrected chi connectivity index (χ2v) is 5.69. The number of carbonyl (C=O) groups is 1. The van der Waals surface area contributed by atoms with Gasteiger partial charge in [0.25, 0.3) is 5.91 Å². The lowest BCUT2D eigenvalue weighted by molar-refractivity contribution is 0.0951. The quantitative estimate of drug-likeness (QED) is 0.764. The van der Waals surface area contributed by atoms with Crippen LogP contribution in [0.25, 0.3) is 0 Å². The van der Waals surface area contributed by atoms with Crippen LogP contribution in [0.3, 0.4) is 0 Å². The van der Waals surface area contributed by atoms with Crippen LogP contribution in [-0.4, -0.2) is 22.4 Å². The minimum Gasteiger partial charge on any atom is -0.370 e. The van der Waals surface area contributed by atoms with Gasteiger partial charge in [-0.2, -0.15) is 0 Å². The van der Waals surface area contributed by atoms with Crippen LogP contribution < -0.4 is 15.5 Å². The molecule has 6 nitrogen and oxygen atoms in total. The van der Waals surface area contributed by atoms with Crippen molar-refractivity contribution in [3.8, 4) is 0 Å². The maximum absolute atomic E-state index is 12.2. The number of hydrogen-bond donors (Lipinski definition) is 3. The number of H-pyrrole nitrogens is 1. The molecular weight excluding hydrogens is 344 g/mol. The van der Waals surface area contributed by atoms with Crippen molar-refractivity contribution < 1.29 is 4.79 Å². The first-order valence-corrected chi connectivity index (χ1v) is 7.61. The number of aromatic amines is 1. The van der Waals surface area contributed by atoms with Crippen molar-refractivity contribution in [1.82, 2.24) is 15.3 Å². The second kappa shape index (κ2) is 6.67. The van der Waals surface area contributed by atoms with Crippen LogP contribution in [0.15, 0.2) is 26.9 Å². The normalized spacial score (nSPS) is 10.3. The van der Waals surface area contributed by atoms with Gasteiger partial charge in [0.05, 0.1) is 12.1 Å². The van der Waals surface area contributed by atoms with Gasteiger partial charge in [0.1, 0.15) is 5.82 Å². The smallest absolute Gasteiger partial charge is 0.304 e. The first kappa shape index (κ1) is 14.7. The molecule has 0 unspecified atom stereocenters. The number of hydrogen-bond acceptors (Lipinski definition) is 5. The molecule has 3 N–H and O–H groups in total. The molecule has 0 aromatic carbocycles. The molecule has 2 aromatic heterocycles. The maximum Gasteiger partial charge on any atom is 0.304 e. The summed E-state index contributed by atoms with van der Waals surface area (Å²) in [4.78, 5) is 29.9. The summed E-state index contributed by atoms with van der Waals surface area (Å²) in [5.41, 5.74) is 1.14. The molecule has 0 saturated carbocycles. The maximum atomic E-state index is 12.2. The molecule has 2 aromatic rings. The molecule has 0 fully saturated rings. The number of halogens is 1. The van der Waals surface area contributed by atoms with Gasteiger partial charge in [-0.3, -0.25) is 9.59 Å². The van der Waals surface area contributed by atoms with Crippen LogP contribution in [-0.2, 0) is 6.54 Å². The van der Waals surface area contributed by atoms with Crippen molar-refractivity contribution >= 4 is 39.0 Å². The summed E-state index contributed by atoms with van der Waals surface area (Å²) >= 11 is 4.37. The van der Waals surface area contributed by atoms with Gasteiger partial charge >= 0.3 is 4.87 Å². The lowest BCUT2D eigenvalue weighted by atomic mass is 10.2. The molecule has 2 heterocycles. The molecular formula is C12H13BrN4O2S. The van der Waals surface area contributed by atoms with Crippen LogP contribution in [0.5, 0.6) is 0 Å². The molecule has 0 saturated heterocycles. The Balaban J connectivity index is 2.11. The molecule has 106 valence electrons. The van der Waals surface area contributed by atoms with E-state index < -0.39 is 0 Å². The molecule has 1 amide bonds. The summed E-state index contributed by atoms with van der Waals surface area (Å²) in [5.74, 6) is 0.286. The number of nitrogens with zero attached hydrogens (tertiary/aromatic N) is 1. The third kappa shape index (κ3) is 3.67. The Kier molecular flexibility index (Phi) is 4.91. The molecule has 0 aliphatic rings. The van der Waals surface area contributed by atoms with Gasteiger partial charge in [-0.1, -0.05) is 11.3 Å². The zero-order valence-corrected chi connectivity index (χ0v) is 13.1. The highest BCUT2D eigenvalue weighted by Crippen LogP contribution is 2.18. The Morgan fingerprint density at radius 1 is 1.55 bits per heavy atom. The van der Waals surface area contributed by atoms with E-state index in [9.17, 15) is 9.59 Å². The molecule has 0 radical (unpaired) electrons. The van der Waals surface area contributed by atoms with E-state index in [0.29, 0.717) is 23.6 Å². The third-order valence-electron chi connectivity index (χ3n) is 2.45. The highest BCUT2D eigenvalue weighted by atomic mass is 79.9. The molecule has 0 spiro atoms. The highest BCUT2D eigenvalue weighted by molar-refractivity contribution is 9.10. The zero-order chi connectivity index (χ0) is 14.5. The monoisotopic (exact) mass is 356 g/mol. The number of amides is 1. The van der Waals surface area contributed by atoms with Crippen molar-refractivity contribution in [2.24, 2.45) is 0 Å². The summed E-state index contributed by atoms with van der Waals surface area (Å²) in [6.45, 7) is 2.88. The van der Waals surface area contributed by atoms with Gasteiger partial charge in [-0.05, 0) is 28.9 Å². The Labute approximate surface area is 127 Å². The van der Waals surface area contributed by atoms with Gasteiger partial charge in [-0.15, -0.1) is 0 Å². The standard InChI is InChI=1S/C12H13BrN4O2S/c1-2-14-10-9(3-7(13)4-15-10)11(18)16-5-8-6-20-12(19)17-8/h3-4,6H,2,5H2,1H3,(H,14,15)(H,16,18)(H,17,19). The zero-order valence-electron chi connectivity index (χ0n) is 10.7. The number of aromatic nitrogens is 2. The molecule has 0 aliphatic carbocycles. The van der Waals surface area contributed by atoms with E-state index in [0.717, 1.165) is 15.8 Å². The third-order valence-corrected chi connectivity index (χ3v) is 3.61. The SMILES string of the molecule is CCNc1ncc(Br)cc1C(=O)NCc1csc(=O)[nH]1. The molecule has 8 heteroatoms. The van der Waals surface area contributed by atoms with Gasteiger partial charge in [0, 0.05) is 28.3 Å². The lowest BCUT2D eigenvalue weighted by Crippen LogP contribution is -2.24. The van der Waals surface area contributed by atoms with Crippen molar-refractivity contribution in [2.75, 3.05) is 11.9 Å². The summed E-state index contributed by atoms with van der Waals surface area (Å²) in [6.07, 6.45) is 1.63. The molecule has 2 rings (SSSR count). The van der Waals surface area contributed by atoms with Crippen molar-refractivity contribution in [1.29, 1.82) is 0 Å². The van der Waals surface area contributed by atoms with Crippen LogP contribution in [0.4, 0.5) is 5.82 Å². The fraction of sp³-hybridized carbons (Fsp3) is 0.250. The van der Waals surface area contributed by atoms with E-state index in [-0.39, 0.29) is 17.3 Å².